The minimum atomic E-state index is -0.960. The minimum absolute atomic E-state index is 0.119. The highest BCUT2D eigenvalue weighted by atomic mass is 79.9. The van der Waals surface area contributed by atoms with Crippen LogP contribution in [0.4, 0.5) is 0 Å². The van der Waals surface area contributed by atoms with Gasteiger partial charge in [0, 0.05) is 13.0 Å². The molecule has 1 rings (SSSR count). The second kappa shape index (κ2) is 7.45. The van der Waals surface area contributed by atoms with E-state index >= 15 is 0 Å². The van der Waals surface area contributed by atoms with Gasteiger partial charge in [0.05, 0.1) is 17.0 Å². The van der Waals surface area contributed by atoms with Crippen LogP contribution >= 0.6 is 15.9 Å². The van der Waals surface area contributed by atoms with E-state index in [0.717, 1.165) is 15.8 Å². The van der Waals surface area contributed by atoms with Crippen molar-refractivity contribution in [2.75, 3.05) is 13.7 Å². The highest BCUT2D eigenvalue weighted by molar-refractivity contribution is 9.10. The lowest BCUT2D eigenvalue weighted by Crippen LogP contribution is -2.38. The van der Waals surface area contributed by atoms with E-state index in [1.807, 2.05) is 18.2 Å². The van der Waals surface area contributed by atoms with Gasteiger partial charge in [0.2, 0.25) is 5.91 Å². The smallest absolute Gasteiger partial charge is 0.310 e. The van der Waals surface area contributed by atoms with Crippen molar-refractivity contribution in [2.45, 2.75) is 26.7 Å². The largest absolute Gasteiger partial charge is 0.496 e. The zero-order chi connectivity index (χ0) is 16.0. The standard InChI is InChI=1S/C15H20BrNO4/c1-15(2,14(19)20)9-17-13(18)7-5-10-4-6-12(21-3)11(16)8-10/h4,6,8H,5,7,9H2,1-3H3,(H,17,18)(H,19,20). The third-order valence-electron chi connectivity index (χ3n) is 3.16. The van der Waals surface area contributed by atoms with Crippen molar-refractivity contribution in [3.8, 4) is 5.75 Å². The third-order valence-corrected chi connectivity index (χ3v) is 3.78. The lowest BCUT2D eigenvalue weighted by Gasteiger charge is -2.19. The molecule has 0 bridgehead atoms. The normalized spacial score (nSPS) is 11.0. The Morgan fingerprint density at radius 2 is 2.05 bits per heavy atom. The summed E-state index contributed by atoms with van der Waals surface area (Å²) in [7, 11) is 1.59. The van der Waals surface area contributed by atoms with Crippen LogP contribution in [0.1, 0.15) is 25.8 Å². The number of ether oxygens (including phenoxy) is 1. The number of amides is 1. The summed E-state index contributed by atoms with van der Waals surface area (Å²) in [4.78, 5) is 22.7. The number of hydrogen-bond donors (Lipinski definition) is 2. The van der Waals surface area contributed by atoms with Gasteiger partial charge in [-0.15, -0.1) is 0 Å². The number of rotatable bonds is 7. The number of aryl methyl sites for hydroxylation is 1. The number of methoxy groups -OCH3 is 1. The molecule has 0 heterocycles. The second-order valence-electron chi connectivity index (χ2n) is 5.43. The van der Waals surface area contributed by atoms with Gasteiger partial charge in [-0.1, -0.05) is 6.07 Å². The number of carbonyl (C=O) groups is 2. The number of hydrogen-bond acceptors (Lipinski definition) is 3. The van der Waals surface area contributed by atoms with Crippen molar-refractivity contribution >= 4 is 27.8 Å². The van der Waals surface area contributed by atoms with Crippen LogP contribution < -0.4 is 10.1 Å². The molecule has 0 atom stereocenters. The first-order valence-corrected chi connectivity index (χ1v) is 7.38. The molecule has 0 aliphatic carbocycles. The van der Waals surface area contributed by atoms with E-state index in [2.05, 4.69) is 21.2 Å². The second-order valence-corrected chi connectivity index (χ2v) is 6.29. The number of halogens is 1. The summed E-state index contributed by atoms with van der Waals surface area (Å²) in [6.07, 6.45) is 0.899. The van der Waals surface area contributed by atoms with Crippen LogP contribution in [0.3, 0.4) is 0 Å². The lowest BCUT2D eigenvalue weighted by atomic mass is 9.94. The quantitative estimate of drug-likeness (QED) is 0.786. The molecule has 6 heteroatoms. The molecule has 0 radical (unpaired) electrons. The van der Waals surface area contributed by atoms with Gasteiger partial charge in [0.25, 0.3) is 0 Å². The first kappa shape index (κ1) is 17.5. The molecule has 1 aromatic rings. The van der Waals surface area contributed by atoms with E-state index in [1.54, 1.807) is 21.0 Å². The zero-order valence-corrected chi connectivity index (χ0v) is 14.0. The zero-order valence-electron chi connectivity index (χ0n) is 12.4. The third kappa shape index (κ3) is 5.38. The van der Waals surface area contributed by atoms with Gasteiger partial charge in [-0.2, -0.15) is 0 Å². The number of carboxylic acid groups (broad SMARTS) is 1. The Labute approximate surface area is 132 Å². The number of benzene rings is 1. The number of aliphatic carboxylic acids is 1. The highest BCUT2D eigenvalue weighted by Crippen LogP contribution is 2.25. The van der Waals surface area contributed by atoms with E-state index in [9.17, 15) is 9.59 Å². The summed E-state index contributed by atoms with van der Waals surface area (Å²) in [6.45, 7) is 3.28. The maximum absolute atomic E-state index is 11.8. The van der Waals surface area contributed by atoms with Gasteiger partial charge in [0.1, 0.15) is 5.75 Å². The van der Waals surface area contributed by atoms with Crippen LogP contribution in [0.2, 0.25) is 0 Å². The monoisotopic (exact) mass is 357 g/mol. The van der Waals surface area contributed by atoms with E-state index in [0.29, 0.717) is 12.8 Å². The average Bonchev–Trinajstić information content (AvgIpc) is 2.43. The first-order chi connectivity index (χ1) is 9.76. The molecule has 0 fully saturated rings. The summed E-state index contributed by atoms with van der Waals surface area (Å²) in [5, 5.41) is 11.6. The van der Waals surface area contributed by atoms with Crippen LogP contribution in [0.25, 0.3) is 0 Å². The molecule has 0 saturated heterocycles. The Bertz CT molecular complexity index is 528. The maximum atomic E-state index is 11.8. The van der Waals surface area contributed by atoms with Crippen LogP contribution in [0, 0.1) is 5.41 Å². The van der Waals surface area contributed by atoms with Crippen LogP contribution in [0.5, 0.6) is 5.75 Å². The molecule has 1 aromatic carbocycles. The molecule has 0 aliphatic heterocycles. The SMILES string of the molecule is COc1ccc(CCC(=O)NCC(C)(C)C(=O)O)cc1Br. The summed E-state index contributed by atoms with van der Waals surface area (Å²) in [5.74, 6) is -0.343. The van der Waals surface area contributed by atoms with Crippen molar-refractivity contribution in [1.29, 1.82) is 0 Å². The maximum Gasteiger partial charge on any atom is 0.310 e. The number of carbonyl (C=O) groups excluding carboxylic acids is 1. The highest BCUT2D eigenvalue weighted by Gasteiger charge is 2.27. The van der Waals surface area contributed by atoms with Crippen molar-refractivity contribution in [3.05, 3.63) is 28.2 Å². The molecule has 0 unspecified atom stereocenters. The fourth-order valence-electron chi connectivity index (χ4n) is 1.61. The lowest BCUT2D eigenvalue weighted by molar-refractivity contribution is -0.146. The fourth-order valence-corrected chi connectivity index (χ4v) is 2.19. The Kier molecular flexibility index (Phi) is 6.20. The molecule has 116 valence electrons. The number of nitrogens with one attached hydrogen (secondary N) is 1. The Morgan fingerprint density at radius 1 is 1.38 bits per heavy atom. The molecule has 0 spiro atoms. The fraction of sp³-hybridized carbons (Fsp3) is 0.467. The van der Waals surface area contributed by atoms with Crippen LogP contribution in [-0.4, -0.2) is 30.6 Å². The van der Waals surface area contributed by atoms with E-state index in [1.165, 1.54) is 0 Å². The van der Waals surface area contributed by atoms with Crippen LogP contribution in [-0.2, 0) is 16.0 Å². The molecule has 0 aromatic heterocycles. The summed E-state index contributed by atoms with van der Waals surface area (Å²) < 4.78 is 5.98. The van der Waals surface area contributed by atoms with E-state index in [4.69, 9.17) is 9.84 Å². The molecular formula is C15H20BrNO4. The molecule has 5 nitrogen and oxygen atoms in total. The van der Waals surface area contributed by atoms with Gasteiger partial charge < -0.3 is 15.2 Å². The molecule has 2 N–H and O–H groups in total. The van der Waals surface area contributed by atoms with Crippen molar-refractivity contribution < 1.29 is 19.4 Å². The Morgan fingerprint density at radius 3 is 2.57 bits per heavy atom. The summed E-state index contributed by atoms with van der Waals surface area (Å²) in [5.41, 5.74) is 0.0500. The Hall–Kier alpha value is -1.56. The number of carboxylic acids is 1. The molecule has 1 amide bonds. The van der Waals surface area contributed by atoms with Gasteiger partial charge in [0.15, 0.2) is 0 Å². The van der Waals surface area contributed by atoms with Crippen molar-refractivity contribution in [2.24, 2.45) is 5.41 Å². The van der Waals surface area contributed by atoms with Gasteiger partial charge in [-0.05, 0) is 53.9 Å². The van der Waals surface area contributed by atoms with Gasteiger partial charge in [-0.25, -0.2) is 0 Å². The summed E-state index contributed by atoms with van der Waals surface area (Å²) >= 11 is 3.40. The Balaban J connectivity index is 2.47. The van der Waals surface area contributed by atoms with E-state index < -0.39 is 11.4 Å². The molecule has 0 saturated carbocycles. The first-order valence-electron chi connectivity index (χ1n) is 6.59. The molecular weight excluding hydrogens is 338 g/mol. The summed E-state index contributed by atoms with van der Waals surface area (Å²) in [6, 6.07) is 5.65. The topological polar surface area (TPSA) is 75.6 Å². The molecule has 21 heavy (non-hydrogen) atoms. The van der Waals surface area contributed by atoms with Crippen LogP contribution in [0.15, 0.2) is 22.7 Å². The predicted molar refractivity (Wildman–Crippen MR) is 83.4 cm³/mol. The average molecular weight is 358 g/mol. The molecule has 0 aliphatic rings. The minimum Gasteiger partial charge on any atom is -0.496 e. The predicted octanol–water partition coefficient (Wildman–Crippen LogP) is 2.62. The van der Waals surface area contributed by atoms with Crippen molar-refractivity contribution in [1.82, 2.24) is 5.32 Å². The van der Waals surface area contributed by atoms with Gasteiger partial charge >= 0.3 is 5.97 Å². The van der Waals surface area contributed by atoms with E-state index in [-0.39, 0.29) is 12.5 Å². The van der Waals surface area contributed by atoms with Crippen molar-refractivity contribution in [3.63, 3.8) is 0 Å². The van der Waals surface area contributed by atoms with Gasteiger partial charge in [-0.3, -0.25) is 9.59 Å².